The number of nitrogens with zero attached hydrogens (tertiary/aromatic N) is 2. The van der Waals surface area contributed by atoms with Gasteiger partial charge >= 0.3 is 0 Å². The molecule has 0 bridgehead atoms. The van der Waals surface area contributed by atoms with E-state index in [1.165, 1.54) is 11.8 Å². The minimum absolute atomic E-state index is 0.0232. The standard InChI is InChI=1S/C18H23N3OS/c1-12(2)11-19-17(22)14(4)23-18-20-13(3)10-16(21-18)15-8-6-5-7-9-15/h5-10,12,14H,11H2,1-4H3,(H,19,22). The third-order valence-corrected chi connectivity index (χ3v) is 4.20. The van der Waals surface area contributed by atoms with Gasteiger partial charge < -0.3 is 5.32 Å². The first-order valence-corrected chi connectivity index (χ1v) is 8.69. The number of aromatic nitrogens is 2. The summed E-state index contributed by atoms with van der Waals surface area (Å²) in [6.45, 7) is 8.67. The Labute approximate surface area is 142 Å². The summed E-state index contributed by atoms with van der Waals surface area (Å²) in [5.41, 5.74) is 2.84. The van der Waals surface area contributed by atoms with E-state index in [9.17, 15) is 4.79 Å². The SMILES string of the molecule is Cc1cc(-c2ccccc2)nc(SC(C)C(=O)NCC(C)C)n1. The Balaban J connectivity index is 2.11. The van der Waals surface area contributed by atoms with E-state index in [1.807, 2.05) is 50.2 Å². The Morgan fingerprint density at radius 2 is 1.87 bits per heavy atom. The number of aryl methyl sites for hydroxylation is 1. The second-order valence-corrected chi connectivity index (χ2v) is 7.25. The third-order valence-electron chi connectivity index (χ3n) is 3.24. The fourth-order valence-corrected chi connectivity index (χ4v) is 2.87. The second-order valence-electron chi connectivity index (χ2n) is 5.94. The lowest BCUT2D eigenvalue weighted by Gasteiger charge is -2.13. The van der Waals surface area contributed by atoms with Crippen molar-refractivity contribution >= 4 is 17.7 Å². The zero-order valence-corrected chi connectivity index (χ0v) is 14.9. The van der Waals surface area contributed by atoms with Crippen molar-refractivity contribution in [2.45, 2.75) is 38.1 Å². The summed E-state index contributed by atoms with van der Waals surface area (Å²) in [5.74, 6) is 0.464. The monoisotopic (exact) mass is 329 g/mol. The van der Waals surface area contributed by atoms with Crippen LogP contribution in [0.5, 0.6) is 0 Å². The highest BCUT2D eigenvalue weighted by molar-refractivity contribution is 8.00. The van der Waals surface area contributed by atoms with Crippen molar-refractivity contribution in [2.24, 2.45) is 5.92 Å². The van der Waals surface area contributed by atoms with Crippen LogP contribution in [0.1, 0.15) is 26.5 Å². The van der Waals surface area contributed by atoms with Crippen molar-refractivity contribution in [1.82, 2.24) is 15.3 Å². The van der Waals surface area contributed by atoms with E-state index in [0.29, 0.717) is 17.6 Å². The van der Waals surface area contributed by atoms with Gasteiger partial charge in [0.05, 0.1) is 10.9 Å². The molecule has 1 N–H and O–H groups in total. The van der Waals surface area contributed by atoms with Crippen LogP contribution in [0, 0.1) is 12.8 Å². The molecule has 0 aliphatic rings. The zero-order chi connectivity index (χ0) is 16.8. The van der Waals surface area contributed by atoms with Crippen LogP contribution in [0.3, 0.4) is 0 Å². The molecular weight excluding hydrogens is 306 g/mol. The van der Waals surface area contributed by atoms with Crippen molar-refractivity contribution in [3.05, 3.63) is 42.1 Å². The van der Waals surface area contributed by atoms with E-state index < -0.39 is 0 Å². The molecular formula is C18H23N3OS. The van der Waals surface area contributed by atoms with Crippen LogP contribution in [0.4, 0.5) is 0 Å². The van der Waals surface area contributed by atoms with Crippen LogP contribution >= 0.6 is 11.8 Å². The molecule has 23 heavy (non-hydrogen) atoms. The van der Waals surface area contributed by atoms with E-state index in [1.54, 1.807) is 0 Å². The molecule has 0 saturated heterocycles. The molecule has 1 unspecified atom stereocenters. The molecule has 0 fully saturated rings. The number of hydrogen-bond donors (Lipinski definition) is 1. The summed E-state index contributed by atoms with van der Waals surface area (Å²) in [4.78, 5) is 21.1. The van der Waals surface area contributed by atoms with Crippen molar-refractivity contribution < 1.29 is 4.79 Å². The summed E-state index contributed by atoms with van der Waals surface area (Å²) >= 11 is 1.39. The van der Waals surface area contributed by atoms with Gasteiger partial charge in [-0.15, -0.1) is 0 Å². The maximum atomic E-state index is 12.1. The Morgan fingerprint density at radius 1 is 1.17 bits per heavy atom. The van der Waals surface area contributed by atoms with Gasteiger partial charge in [-0.2, -0.15) is 0 Å². The van der Waals surface area contributed by atoms with Gasteiger partial charge in [0.1, 0.15) is 0 Å². The van der Waals surface area contributed by atoms with Gasteiger partial charge in [0.2, 0.25) is 5.91 Å². The molecule has 1 amide bonds. The van der Waals surface area contributed by atoms with Crippen molar-refractivity contribution in [3.8, 4) is 11.3 Å². The van der Waals surface area contributed by atoms with Crippen molar-refractivity contribution in [2.75, 3.05) is 6.54 Å². The predicted molar refractivity (Wildman–Crippen MR) is 95.4 cm³/mol. The highest BCUT2D eigenvalue weighted by Gasteiger charge is 2.16. The lowest BCUT2D eigenvalue weighted by molar-refractivity contribution is -0.120. The Morgan fingerprint density at radius 3 is 2.52 bits per heavy atom. The number of benzene rings is 1. The molecule has 0 radical (unpaired) electrons. The Hall–Kier alpha value is -1.88. The topological polar surface area (TPSA) is 54.9 Å². The highest BCUT2D eigenvalue weighted by atomic mass is 32.2. The molecule has 0 saturated carbocycles. The summed E-state index contributed by atoms with van der Waals surface area (Å²) in [6, 6.07) is 12.0. The smallest absolute Gasteiger partial charge is 0.233 e. The molecule has 4 nitrogen and oxygen atoms in total. The molecule has 1 atom stereocenters. The summed E-state index contributed by atoms with van der Waals surface area (Å²) < 4.78 is 0. The van der Waals surface area contributed by atoms with Crippen LogP contribution in [0.25, 0.3) is 11.3 Å². The van der Waals surface area contributed by atoms with E-state index in [4.69, 9.17) is 0 Å². The van der Waals surface area contributed by atoms with Gasteiger partial charge in [-0.05, 0) is 25.8 Å². The highest BCUT2D eigenvalue weighted by Crippen LogP contribution is 2.24. The number of rotatable bonds is 6. The number of amides is 1. The maximum Gasteiger partial charge on any atom is 0.233 e. The van der Waals surface area contributed by atoms with Crippen molar-refractivity contribution in [1.29, 1.82) is 0 Å². The van der Waals surface area contributed by atoms with E-state index in [-0.39, 0.29) is 11.2 Å². The van der Waals surface area contributed by atoms with Gasteiger partial charge in [0.25, 0.3) is 0 Å². The minimum atomic E-state index is -0.223. The molecule has 1 aromatic heterocycles. The van der Waals surface area contributed by atoms with Gasteiger partial charge in [0, 0.05) is 17.8 Å². The zero-order valence-electron chi connectivity index (χ0n) is 14.0. The maximum absolute atomic E-state index is 12.1. The molecule has 1 heterocycles. The molecule has 1 aromatic carbocycles. The summed E-state index contributed by atoms with van der Waals surface area (Å²) in [6.07, 6.45) is 0. The number of carbonyl (C=O) groups excluding carboxylic acids is 1. The van der Waals surface area contributed by atoms with Crippen LogP contribution in [0.15, 0.2) is 41.6 Å². The minimum Gasteiger partial charge on any atom is -0.355 e. The number of nitrogens with one attached hydrogen (secondary N) is 1. The normalized spacial score (nSPS) is 12.2. The molecule has 5 heteroatoms. The van der Waals surface area contributed by atoms with E-state index in [2.05, 4.69) is 29.1 Å². The lowest BCUT2D eigenvalue weighted by Crippen LogP contribution is -2.33. The van der Waals surface area contributed by atoms with Gasteiger partial charge in [-0.1, -0.05) is 55.9 Å². The molecule has 0 aliphatic carbocycles. The number of hydrogen-bond acceptors (Lipinski definition) is 4. The average molecular weight is 329 g/mol. The van der Waals surface area contributed by atoms with E-state index >= 15 is 0 Å². The fraction of sp³-hybridized carbons (Fsp3) is 0.389. The largest absolute Gasteiger partial charge is 0.355 e. The molecule has 2 aromatic rings. The van der Waals surface area contributed by atoms with Crippen LogP contribution in [-0.4, -0.2) is 27.7 Å². The predicted octanol–water partition coefficient (Wildman–Crippen LogP) is 3.70. The average Bonchev–Trinajstić information content (AvgIpc) is 2.52. The molecule has 0 aliphatic heterocycles. The first kappa shape index (κ1) is 17.5. The second kappa shape index (κ2) is 8.11. The van der Waals surface area contributed by atoms with E-state index in [0.717, 1.165) is 17.0 Å². The molecule has 2 rings (SSSR count). The Kier molecular flexibility index (Phi) is 6.16. The first-order valence-electron chi connectivity index (χ1n) is 7.81. The third kappa shape index (κ3) is 5.36. The Bertz CT molecular complexity index is 659. The lowest BCUT2D eigenvalue weighted by atomic mass is 10.1. The van der Waals surface area contributed by atoms with Gasteiger partial charge in [-0.3, -0.25) is 4.79 Å². The van der Waals surface area contributed by atoms with Gasteiger partial charge in [0.15, 0.2) is 5.16 Å². The summed E-state index contributed by atoms with van der Waals surface area (Å²) in [7, 11) is 0. The molecule has 122 valence electrons. The number of carbonyl (C=O) groups is 1. The van der Waals surface area contributed by atoms with Crippen LogP contribution < -0.4 is 5.32 Å². The van der Waals surface area contributed by atoms with Crippen molar-refractivity contribution in [3.63, 3.8) is 0 Å². The van der Waals surface area contributed by atoms with Gasteiger partial charge in [-0.25, -0.2) is 9.97 Å². The van der Waals surface area contributed by atoms with Crippen LogP contribution in [-0.2, 0) is 4.79 Å². The quantitative estimate of drug-likeness (QED) is 0.648. The first-order chi connectivity index (χ1) is 11.0. The number of thioether (sulfide) groups is 1. The fourth-order valence-electron chi connectivity index (χ4n) is 2.01. The van der Waals surface area contributed by atoms with Crippen LogP contribution in [0.2, 0.25) is 0 Å². The summed E-state index contributed by atoms with van der Waals surface area (Å²) in [5, 5.41) is 3.36. The molecule has 0 spiro atoms.